The fourth-order valence-corrected chi connectivity index (χ4v) is 4.44. The first kappa shape index (κ1) is 26.9. The fraction of sp³-hybridized carbons (Fsp3) is 0.417. The van der Waals surface area contributed by atoms with Gasteiger partial charge in [0.25, 0.3) is 5.91 Å². The lowest BCUT2D eigenvalue weighted by atomic mass is 10.1. The molecule has 0 spiro atoms. The third-order valence-corrected chi connectivity index (χ3v) is 6.81. The molecule has 0 aliphatic carbocycles. The van der Waals surface area contributed by atoms with Crippen LogP contribution in [-0.4, -0.2) is 53.3 Å². The van der Waals surface area contributed by atoms with E-state index in [0.29, 0.717) is 18.2 Å². The van der Waals surface area contributed by atoms with Crippen molar-refractivity contribution >= 4 is 17.2 Å². The number of amides is 1. The summed E-state index contributed by atoms with van der Waals surface area (Å²) >= 11 is 1.31. The Labute approximate surface area is 214 Å². The van der Waals surface area contributed by atoms with E-state index in [1.807, 2.05) is 6.92 Å². The lowest BCUT2D eigenvalue weighted by molar-refractivity contribution is -0.145. The SMILES string of the molecule is CCc1cnc(-c2cc(OC[C@H]3CNCCO3)cc(C(=O)NC(C)c3cnc(C(F)(F)F)nc3)c2F)s1. The van der Waals surface area contributed by atoms with Crippen molar-refractivity contribution in [3.63, 3.8) is 0 Å². The van der Waals surface area contributed by atoms with Gasteiger partial charge in [-0.15, -0.1) is 11.3 Å². The molecule has 1 aliphatic heterocycles. The molecule has 8 nitrogen and oxygen atoms in total. The van der Waals surface area contributed by atoms with Crippen LogP contribution in [0.1, 0.15) is 46.5 Å². The molecular weight excluding hydrogens is 514 g/mol. The van der Waals surface area contributed by atoms with Gasteiger partial charge in [-0.05, 0) is 25.5 Å². The summed E-state index contributed by atoms with van der Waals surface area (Å²) in [6, 6.07) is 1.98. The minimum Gasteiger partial charge on any atom is -0.491 e. The van der Waals surface area contributed by atoms with Crippen molar-refractivity contribution in [2.75, 3.05) is 26.3 Å². The third kappa shape index (κ3) is 6.59. The van der Waals surface area contributed by atoms with Crippen LogP contribution >= 0.6 is 11.3 Å². The Balaban J connectivity index is 1.59. The Bertz CT molecular complexity index is 1230. The van der Waals surface area contributed by atoms with Gasteiger partial charge in [-0.25, -0.2) is 19.3 Å². The standard InChI is InChI=1S/C24H25F4N5O3S/c1-3-17-11-30-22(37-17)19-7-15(36-12-16-10-29-4-5-35-16)6-18(20(19)25)21(34)33-13(2)14-8-31-23(32-9-14)24(26,27)28/h6-9,11,13,16,29H,3-5,10,12H2,1-2H3,(H,33,34)/t13?,16-/m1/s1. The number of thiazole rings is 1. The summed E-state index contributed by atoms with van der Waals surface area (Å²) in [6.07, 6.45) is -0.560. The number of carbonyl (C=O) groups is 1. The van der Waals surface area contributed by atoms with Gasteiger partial charge in [-0.1, -0.05) is 6.92 Å². The molecule has 3 heterocycles. The molecule has 0 bridgehead atoms. The Kier molecular flexibility index (Phi) is 8.35. The van der Waals surface area contributed by atoms with E-state index in [-0.39, 0.29) is 35.2 Å². The van der Waals surface area contributed by atoms with Crippen molar-refractivity contribution in [3.8, 4) is 16.3 Å². The number of alkyl halides is 3. The second kappa shape index (κ2) is 11.5. The van der Waals surface area contributed by atoms with Gasteiger partial charge in [-0.3, -0.25) is 4.79 Å². The van der Waals surface area contributed by atoms with Gasteiger partial charge in [-0.2, -0.15) is 13.2 Å². The second-order valence-corrected chi connectivity index (χ2v) is 9.47. The molecule has 0 saturated carbocycles. The summed E-state index contributed by atoms with van der Waals surface area (Å²) in [7, 11) is 0. The maximum absolute atomic E-state index is 15.6. The zero-order valence-corrected chi connectivity index (χ0v) is 20.9. The van der Waals surface area contributed by atoms with Crippen molar-refractivity contribution in [1.82, 2.24) is 25.6 Å². The average molecular weight is 540 g/mol. The molecule has 2 N–H and O–H groups in total. The molecule has 37 heavy (non-hydrogen) atoms. The number of benzene rings is 1. The van der Waals surface area contributed by atoms with Crippen LogP contribution in [0.3, 0.4) is 0 Å². The molecule has 1 aliphatic rings. The fourth-order valence-electron chi connectivity index (χ4n) is 3.58. The van der Waals surface area contributed by atoms with E-state index >= 15 is 4.39 Å². The third-order valence-electron chi connectivity index (χ3n) is 5.64. The lowest BCUT2D eigenvalue weighted by Crippen LogP contribution is -2.41. The zero-order chi connectivity index (χ0) is 26.6. The highest BCUT2D eigenvalue weighted by molar-refractivity contribution is 7.15. The second-order valence-electron chi connectivity index (χ2n) is 8.36. The number of hydrogen-bond donors (Lipinski definition) is 2. The van der Waals surface area contributed by atoms with Crippen LogP contribution in [0.2, 0.25) is 0 Å². The Morgan fingerprint density at radius 1 is 1.27 bits per heavy atom. The minimum atomic E-state index is -4.68. The van der Waals surface area contributed by atoms with E-state index in [9.17, 15) is 18.0 Å². The first-order chi connectivity index (χ1) is 17.7. The van der Waals surface area contributed by atoms with Gasteiger partial charge in [0.2, 0.25) is 5.82 Å². The highest BCUT2D eigenvalue weighted by Gasteiger charge is 2.34. The van der Waals surface area contributed by atoms with E-state index in [0.717, 1.165) is 30.2 Å². The number of morpholine rings is 1. The predicted molar refractivity (Wildman–Crippen MR) is 128 cm³/mol. The van der Waals surface area contributed by atoms with Gasteiger partial charge >= 0.3 is 6.18 Å². The summed E-state index contributed by atoms with van der Waals surface area (Å²) in [4.78, 5) is 25.0. The number of nitrogens with one attached hydrogen (secondary N) is 2. The van der Waals surface area contributed by atoms with Crippen LogP contribution in [0.5, 0.6) is 5.75 Å². The highest BCUT2D eigenvalue weighted by Crippen LogP contribution is 2.33. The molecule has 2 atom stereocenters. The van der Waals surface area contributed by atoms with E-state index in [4.69, 9.17) is 9.47 Å². The molecule has 3 aromatic rings. The topological polar surface area (TPSA) is 98.3 Å². The zero-order valence-electron chi connectivity index (χ0n) is 20.1. The first-order valence-corrected chi connectivity index (χ1v) is 12.4. The predicted octanol–water partition coefficient (Wildman–Crippen LogP) is 4.18. The number of aryl methyl sites for hydroxylation is 1. The summed E-state index contributed by atoms with van der Waals surface area (Å²) in [5.41, 5.74) is 0.0486. The Hall–Kier alpha value is -3.16. The molecular formula is C24H25F4N5O3S. The first-order valence-electron chi connectivity index (χ1n) is 11.6. The van der Waals surface area contributed by atoms with Gasteiger partial charge in [0.1, 0.15) is 29.3 Å². The smallest absolute Gasteiger partial charge is 0.451 e. The summed E-state index contributed by atoms with van der Waals surface area (Å²) in [5.74, 6) is -2.59. The van der Waals surface area contributed by atoms with Gasteiger partial charge in [0.05, 0.1) is 23.8 Å². The number of halogens is 4. The molecule has 13 heteroatoms. The molecule has 1 unspecified atom stereocenters. The Morgan fingerprint density at radius 2 is 2.03 bits per heavy atom. The number of rotatable bonds is 8. The number of ether oxygens (including phenoxy) is 2. The van der Waals surface area contributed by atoms with E-state index in [1.165, 1.54) is 30.4 Å². The summed E-state index contributed by atoms with van der Waals surface area (Å²) < 4.78 is 65.4. The Morgan fingerprint density at radius 3 is 2.65 bits per heavy atom. The number of carbonyl (C=O) groups excluding carboxylic acids is 1. The van der Waals surface area contributed by atoms with E-state index in [2.05, 4.69) is 25.6 Å². The molecule has 4 rings (SSSR count). The van der Waals surface area contributed by atoms with E-state index < -0.39 is 29.8 Å². The largest absolute Gasteiger partial charge is 0.491 e. The lowest BCUT2D eigenvalue weighted by Gasteiger charge is -2.24. The maximum Gasteiger partial charge on any atom is 0.451 e. The molecule has 1 amide bonds. The van der Waals surface area contributed by atoms with Crippen LogP contribution in [0, 0.1) is 5.82 Å². The van der Waals surface area contributed by atoms with Gasteiger partial charge < -0.3 is 20.1 Å². The summed E-state index contributed by atoms with van der Waals surface area (Å²) in [6.45, 7) is 5.56. The molecule has 1 aromatic carbocycles. The van der Waals surface area contributed by atoms with Gasteiger partial charge in [0.15, 0.2) is 0 Å². The number of nitrogens with zero attached hydrogens (tertiary/aromatic N) is 3. The van der Waals surface area contributed by atoms with Crippen LogP contribution < -0.4 is 15.4 Å². The molecule has 2 aromatic heterocycles. The van der Waals surface area contributed by atoms with Crippen LogP contribution in [0.25, 0.3) is 10.6 Å². The maximum atomic E-state index is 15.6. The normalized spacial score (nSPS) is 16.9. The summed E-state index contributed by atoms with van der Waals surface area (Å²) in [5, 5.41) is 6.18. The van der Waals surface area contributed by atoms with Crippen LogP contribution in [-0.2, 0) is 17.3 Å². The number of hydrogen-bond acceptors (Lipinski definition) is 8. The van der Waals surface area contributed by atoms with E-state index in [1.54, 1.807) is 6.20 Å². The molecule has 198 valence electrons. The average Bonchev–Trinajstić information content (AvgIpc) is 3.37. The minimum absolute atomic E-state index is 0.112. The van der Waals surface area contributed by atoms with Crippen molar-refractivity contribution in [2.45, 2.75) is 38.6 Å². The van der Waals surface area contributed by atoms with Crippen molar-refractivity contribution < 1.29 is 31.8 Å². The quantitative estimate of drug-likeness (QED) is 0.415. The van der Waals surface area contributed by atoms with Crippen molar-refractivity contribution in [2.24, 2.45) is 0 Å². The molecule has 1 saturated heterocycles. The van der Waals surface area contributed by atoms with Crippen LogP contribution in [0.4, 0.5) is 17.6 Å². The van der Waals surface area contributed by atoms with Crippen LogP contribution in [0.15, 0.2) is 30.7 Å². The molecule has 1 fully saturated rings. The highest BCUT2D eigenvalue weighted by atomic mass is 32.1. The molecule has 0 radical (unpaired) electrons. The number of aromatic nitrogens is 3. The van der Waals surface area contributed by atoms with Crippen molar-refractivity contribution in [3.05, 3.63) is 58.4 Å². The van der Waals surface area contributed by atoms with Gasteiger partial charge in [0, 0.05) is 42.1 Å². The monoisotopic (exact) mass is 539 g/mol. The van der Waals surface area contributed by atoms with Crippen molar-refractivity contribution in [1.29, 1.82) is 0 Å².